The zero-order chi connectivity index (χ0) is 21.5. The van der Waals surface area contributed by atoms with Crippen LogP contribution in [-0.4, -0.2) is 61.4 Å². The van der Waals surface area contributed by atoms with Gasteiger partial charge in [-0.2, -0.15) is 0 Å². The first-order valence-electron chi connectivity index (χ1n) is 9.57. The zero-order valence-electron chi connectivity index (χ0n) is 16.7. The van der Waals surface area contributed by atoms with Crippen molar-refractivity contribution in [2.24, 2.45) is 0 Å². The maximum absolute atomic E-state index is 13.8. The van der Waals surface area contributed by atoms with Crippen LogP contribution in [0.1, 0.15) is 15.9 Å². The number of nitrogens with one attached hydrogen (secondary N) is 2. The lowest BCUT2D eigenvalue weighted by molar-refractivity contribution is -0.123. The van der Waals surface area contributed by atoms with Crippen LogP contribution in [0.2, 0.25) is 5.02 Å². The number of rotatable bonds is 6. The number of halogens is 2. The summed E-state index contributed by atoms with van der Waals surface area (Å²) in [4.78, 5) is 28.4. The summed E-state index contributed by atoms with van der Waals surface area (Å²) >= 11 is 5.97. The molecule has 1 aliphatic heterocycles. The summed E-state index contributed by atoms with van der Waals surface area (Å²) in [5, 5.41) is 0.317. The molecule has 160 valence electrons. The molecule has 0 radical (unpaired) electrons. The Bertz CT molecular complexity index is 904. The quantitative estimate of drug-likeness (QED) is 0.681. The van der Waals surface area contributed by atoms with E-state index in [0.29, 0.717) is 30.2 Å². The highest BCUT2D eigenvalue weighted by Gasteiger charge is 2.20. The number of ether oxygens (including phenoxy) is 1. The van der Waals surface area contributed by atoms with Crippen molar-refractivity contribution in [2.45, 2.75) is 6.54 Å². The number of amides is 2. The minimum Gasteiger partial charge on any atom is -0.494 e. The van der Waals surface area contributed by atoms with Gasteiger partial charge in [0.05, 0.1) is 24.2 Å². The Hall–Kier alpha value is -2.68. The molecule has 7 nitrogen and oxygen atoms in total. The predicted molar refractivity (Wildman–Crippen MR) is 112 cm³/mol. The Balaban J connectivity index is 1.40. The fourth-order valence-corrected chi connectivity index (χ4v) is 3.48. The monoisotopic (exact) mass is 434 g/mol. The number of carbonyl (C=O) groups is 2. The van der Waals surface area contributed by atoms with E-state index in [1.165, 1.54) is 13.2 Å². The molecule has 1 fully saturated rings. The first kappa shape index (κ1) is 22.0. The molecule has 0 spiro atoms. The molecule has 9 heteroatoms. The standard InChI is InChI=1S/C21H24ClFN4O3/c1-30-19-7-6-15(12-18(19)23)13-26-8-10-27(11-9-26)14-20(28)24-25-21(29)16-4-2-3-5-17(16)22/h2-7,12H,8-11,13-14H2,1H3,(H,24,28)(H,25,29). The minimum absolute atomic E-state index is 0.174. The van der Waals surface area contributed by atoms with Gasteiger partial charge in [-0.1, -0.05) is 29.8 Å². The molecule has 1 heterocycles. The van der Waals surface area contributed by atoms with Gasteiger partial charge in [0, 0.05) is 32.7 Å². The van der Waals surface area contributed by atoms with Crippen molar-refractivity contribution in [1.82, 2.24) is 20.7 Å². The van der Waals surface area contributed by atoms with Gasteiger partial charge in [-0.25, -0.2) is 4.39 Å². The molecule has 0 saturated carbocycles. The number of benzene rings is 2. The van der Waals surface area contributed by atoms with Crippen molar-refractivity contribution < 1.29 is 18.7 Å². The van der Waals surface area contributed by atoms with Crippen LogP contribution >= 0.6 is 11.6 Å². The molecule has 2 aromatic carbocycles. The van der Waals surface area contributed by atoms with Crippen LogP contribution in [0.5, 0.6) is 5.75 Å². The highest BCUT2D eigenvalue weighted by Crippen LogP contribution is 2.19. The topological polar surface area (TPSA) is 73.9 Å². The average molecular weight is 435 g/mol. The second-order valence-electron chi connectivity index (χ2n) is 7.00. The van der Waals surface area contributed by atoms with Crippen molar-refractivity contribution in [3.8, 4) is 5.75 Å². The molecule has 0 aromatic heterocycles. The van der Waals surface area contributed by atoms with E-state index in [1.807, 2.05) is 11.0 Å². The molecular weight excluding hydrogens is 411 g/mol. The molecular formula is C21H24ClFN4O3. The molecule has 2 amide bonds. The summed E-state index contributed by atoms with van der Waals surface area (Å²) in [7, 11) is 1.44. The molecule has 2 N–H and O–H groups in total. The second-order valence-corrected chi connectivity index (χ2v) is 7.41. The van der Waals surface area contributed by atoms with Crippen molar-refractivity contribution in [1.29, 1.82) is 0 Å². The van der Waals surface area contributed by atoms with E-state index in [9.17, 15) is 14.0 Å². The highest BCUT2D eigenvalue weighted by atomic mass is 35.5. The summed E-state index contributed by atoms with van der Waals surface area (Å²) < 4.78 is 18.8. The van der Waals surface area contributed by atoms with Crippen LogP contribution in [0.4, 0.5) is 4.39 Å². The van der Waals surface area contributed by atoms with Crippen molar-refractivity contribution in [3.05, 3.63) is 64.4 Å². The van der Waals surface area contributed by atoms with Crippen molar-refractivity contribution in [2.75, 3.05) is 39.8 Å². The van der Waals surface area contributed by atoms with Crippen LogP contribution in [0.25, 0.3) is 0 Å². The lowest BCUT2D eigenvalue weighted by atomic mass is 10.2. The number of piperazine rings is 1. The Morgan fingerprint density at radius 1 is 1.07 bits per heavy atom. The second kappa shape index (κ2) is 10.4. The van der Waals surface area contributed by atoms with Gasteiger partial charge >= 0.3 is 0 Å². The molecule has 3 rings (SSSR count). The molecule has 0 aliphatic carbocycles. The van der Waals surface area contributed by atoms with Crippen molar-refractivity contribution in [3.63, 3.8) is 0 Å². The number of hydrogen-bond acceptors (Lipinski definition) is 5. The molecule has 1 aliphatic rings. The average Bonchev–Trinajstić information content (AvgIpc) is 2.74. The SMILES string of the molecule is COc1ccc(CN2CCN(CC(=O)NNC(=O)c3ccccc3Cl)CC2)cc1F. The molecule has 2 aromatic rings. The Morgan fingerprint density at radius 3 is 2.43 bits per heavy atom. The predicted octanol–water partition coefficient (Wildman–Crippen LogP) is 2.07. The number of carbonyl (C=O) groups excluding carboxylic acids is 2. The molecule has 0 atom stereocenters. The molecule has 0 bridgehead atoms. The number of nitrogens with zero attached hydrogens (tertiary/aromatic N) is 2. The lowest BCUT2D eigenvalue weighted by Gasteiger charge is -2.34. The van der Waals surface area contributed by atoms with E-state index < -0.39 is 5.91 Å². The van der Waals surface area contributed by atoms with E-state index in [4.69, 9.17) is 16.3 Å². The first-order valence-corrected chi connectivity index (χ1v) is 9.95. The summed E-state index contributed by atoms with van der Waals surface area (Å²) in [6.45, 7) is 3.72. The van der Waals surface area contributed by atoms with Crippen LogP contribution in [0, 0.1) is 5.82 Å². The van der Waals surface area contributed by atoms with Gasteiger partial charge in [-0.05, 0) is 29.8 Å². The largest absolute Gasteiger partial charge is 0.494 e. The third kappa shape index (κ3) is 5.91. The third-order valence-corrected chi connectivity index (χ3v) is 5.22. The number of hydrogen-bond donors (Lipinski definition) is 2. The highest BCUT2D eigenvalue weighted by molar-refractivity contribution is 6.33. The third-order valence-electron chi connectivity index (χ3n) is 4.89. The molecule has 30 heavy (non-hydrogen) atoms. The van der Waals surface area contributed by atoms with E-state index in [1.54, 1.807) is 30.3 Å². The lowest BCUT2D eigenvalue weighted by Crippen LogP contribution is -2.51. The van der Waals surface area contributed by atoms with E-state index in [0.717, 1.165) is 18.7 Å². The normalized spacial score (nSPS) is 14.9. The summed E-state index contributed by atoms with van der Waals surface area (Å²) in [5.41, 5.74) is 5.97. The van der Waals surface area contributed by atoms with Gasteiger partial charge in [0.25, 0.3) is 11.8 Å². The Kier molecular flexibility index (Phi) is 7.62. The maximum Gasteiger partial charge on any atom is 0.271 e. The van der Waals surface area contributed by atoms with Crippen LogP contribution < -0.4 is 15.6 Å². The molecule has 0 unspecified atom stereocenters. The number of methoxy groups -OCH3 is 1. The van der Waals surface area contributed by atoms with E-state index in [2.05, 4.69) is 15.8 Å². The van der Waals surface area contributed by atoms with Crippen LogP contribution in [0.3, 0.4) is 0 Å². The van der Waals surface area contributed by atoms with Gasteiger partial charge in [-0.15, -0.1) is 0 Å². The Morgan fingerprint density at radius 2 is 1.77 bits per heavy atom. The van der Waals surface area contributed by atoms with Gasteiger partial charge in [0.2, 0.25) is 0 Å². The fraction of sp³-hybridized carbons (Fsp3) is 0.333. The van der Waals surface area contributed by atoms with Crippen LogP contribution in [0.15, 0.2) is 42.5 Å². The van der Waals surface area contributed by atoms with Gasteiger partial charge in [0.15, 0.2) is 11.6 Å². The van der Waals surface area contributed by atoms with Gasteiger partial charge < -0.3 is 4.74 Å². The van der Waals surface area contributed by atoms with Crippen LogP contribution in [-0.2, 0) is 11.3 Å². The summed E-state index contributed by atoms with van der Waals surface area (Å²) in [5.74, 6) is -0.910. The first-order chi connectivity index (χ1) is 14.5. The summed E-state index contributed by atoms with van der Waals surface area (Å²) in [6.07, 6.45) is 0. The number of hydrazine groups is 1. The minimum atomic E-state index is -0.467. The van der Waals surface area contributed by atoms with Crippen molar-refractivity contribution >= 4 is 23.4 Å². The van der Waals surface area contributed by atoms with Gasteiger partial charge in [0.1, 0.15) is 0 Å². The summed E-state index contributed by atoms with van der Waals surface area (Å²) in [6, 6.07) is 11.6. The van der Waals surface area contributed by atoms with Gasteiger partial charge in [-0.3, -0.25) is 30.2 Å². The molecule has 1 saturated heterocycles. The Labute approximate surface area is 179 Å². The maximum atomic E-state index is 13.8. The zero-order valence-corrected chi connectivity index (χ0v) is 17.4. The smallest absolute Gasteiger partial charge is 0.271 e. The van der Waals surface area contributed by atoms with E-state index >= 15 is 0 Å². The fourth-order valence-electron chi connectivity index (χ4n) is 3.25. The van der Waals surface area contributed by atoms with E-state index in [-0.39, 0.29) is 24.0 Å².